The fourth-order valence-electron chi connectivity index (χ4n) is 2.09. The maximum Gasteiger partial charge on any atom is 0.0426 e. The van der Waals surface area contributed by atoms with Gasteiger partial charge in [0.05, 0.1) is 0 Å². The second kappa shape index (κ2) is 3.45. The molecule has 1 aromatic carbocycles. The zero-order valence-corrected chi connectivity index (χ0v) is 9.71. The molecule has 1 heteroatoms. The van der Waals surface area contributed by atoms with Crippen LogP contribution in [0.2, 0.25) is 0 Å². The number of hydrogen-bond donors (Lipinski definition) is 0. The Balaban J connectivity index is 2.43. The van der Waals surface area contributed by atoms with E-state index >= 15 is 0 Å². The van der Waals surface area contributed by atoms with Crippen molar-refractivity contribution in [3.63, 3.8) is 0 Å². The van der Waals surface area contributed by atoms with Crippen LogP contribution in [0.1, 0.15) is 29.8 Å². The highest BCUT2D eigenvalue weighted by molar-refractivity contribution is 9.09. The van der Waals surface area contributed by atoms with Crippen LogP contribution in [-0.4, -0.2) is 0 Å². The molecule has 0 heterocycles. The normalized spacial score (nSPS) is 32.7. The van der Waals surface area contributed by atoms with E-state index in [0.717, 1.165) is 11.8 Å². The van der Waals surface area contributed by atoms with Crippen LogP contribution in [0.5, 0.6) is 0 Å². The van der Waals surface area contributed by atoms with Gasteiger partial charge in [-0.3, -0.25) is 0 Å². The zero-order valence-electron chi connectivity index (χ0n) is 8.13. The van der Waals surface area contributed by atoms with Crippen molar-refractivity contribution in [1.29, 1.82) is 0 Å². The summed E-state index contributed by atoms with van der Waals surface area (Å²) in [5, 5.41) is 0. The van der Waals surface area contributed by atoms with Crippen LogP contribution in [0, 0.1) is 11.8 Å². The Morgan fingerprint density at radius 1 is 1.23 bits per heavy atom. The lowest BCUT2D eigenvalue weighted by molar-refractivity contribution is 0.358. The lowest BCUT2D eigenvalue weighted by Gasteiger charge is -2.32. The summed E-state index contributed by atoms with van der Waals surface area (Å²) < 4.78 is 0. The van der Waals surface area contributed by atoms with Gasteiger partial charge >= 0.3 is 0 Å². The summed E-state index contributed by atoms with van der Waals surface area (Å²) in [6.45, 7) is 4.68. The molecule has 0 bridgehead atoms. The second-order valence-corrected chi connectivity index (χ2v) is 5.13. The number of benzene rings is 1. The van der Waals surface area contributed by atoms with Crippen LogP contribution in [-0.2, 0) is 6.42 Å². The van der Waals surface area contributed by atoms with Crippen LogP contribution in [0.3, 0.4) is 0 Å². The molecule has 0 N–H and O–H groups in total. The lowest BCUT2D eigenvalue weighted by atomic mass is 9.78. The zero-order chi connectivity index (χ0) is 9.42. The summed E-state index contributed by atoms with van der Waals surface area (Å²) in [6.07, 6.45) is 1.24. The quantitative estimate of drug-likeness (QED) is 0.601. The molecule has 0 radical (unpaired) electrons. The van der Waals surface area contributed by atoms with Crippen LogP contribution >= 0.6 is 15.9 Å². The highest BCUT2D eigenvalue weighted by Crippen LogP contribution is 2.42. The average molecular weight is 239 g/mol. The van der Waals surface area contributed by atoms with E-state index in [1.807, 2.05) is 0 Å². The third kappa shape index (κ3) is 1.54. The molecule has 0 amide bonds. The fraction of sp³-hybridized carbons (Fsp3) is 0.500. The van der Waals surface area contributed by atoms with E-state index in [1.54, 1.807) is 0 Å². The summed E-state index contributed by atoms with van der Waals surface area (Å²) in [6, 6.07) is 8.78. The van der Waals surface area contributed by atoms with Gasteiger partial charge in [0, 0.05) is 4.83 Å². The molecule has 3 unspecified atom stereocenters. The molecule has 1 aliphatic carbocycles. The SMILES string of the molecule is CC1Cc2ccccc2C(Br)C1C. The molecular weight excluding hydrogens is 224 g/mol. The van der Waals surface area contributed by atoms with Crippen LogP contribution in [0.25, 0.3) is 0 Å². The Kier molecular flexibility index (Phi) is 2.46. The van der Waals surface area contributed by atoms with Crippen LogP contribution in [0.4, 0.5) is 0 Å². The molecule has 0 spiro atoms. The van der Waals surface area contributed by atoms with Crippen molar-refractivity contribution in [2.24, 2.45) is 11.8 Å². The Hall–Kier alpha value is -0.300. The first-order valence-electron chi connectivity index (χ1n) is 4.92. The molecule has 70 valence electrons. The highest BCUT2D eigenvalue weighted by atomic mass is 79.9. The molecule has 0 aliphatic heterocycles. The first kappa shape index (κ1) is 9.26. The third-order valence-electron chi connectivity index (χ3n) is 3.25. The lowest BCUT2D eigenvalue weighted by Crippen LogP contribution is -2.22. The van der Waals surface area contributed by atoms with Crippen LogP contribution < -0.4 is 0 Å². The molecule has 0 saturated carbocycles. The van der Waals surface area contributed by atoms with Crippen molar-refractivity contribution in [2.75, 3.05) is 0 Å². The van der Waals surface area contributed by atoms with E-state index in [0.29, 0.717) is 4.83 Å². The van der Waals surface area contributed by atoms with Gasteiger partial charge in [-0.05, 0) is 29.4 Å². The monoisotopic (exact) mass is 238 g/mol. The molecule has 0 nitrogen and oxygen atoms in total. The standard InChI is InChI=1S/C12H15Br/c1-8-7-10-5-3-4-6-11(10)12(13)9(8)2/h3-6,8-9,12H,7H2,1-2H3. The maximum atomic E-state index is 3.79. The van der Waals surface area contributed by atoms with E-state index in [4.69, 9.17) is 0 Å². The number of hydrogen-bond acceptors (Lipinski definition) is 0. The fourth-order valence-corrected chi connectivity index (χ4v) is 3.06. The summed E-state index contributed by atoms with van der Waals surface area (Å²) >= 11 is 3.79. The Morgan fingerprint density at radius 3 is 2.69 bits per heavy atom. The summed E-state index contributed by atoms with van der Waals surface area (Å²) in [5.41, 5.74) is 3.02. The summed E-state index contributed by atoms with van der Waals surface area (Å²) in [5.74, 6) is 1.54. The molecule has 2 rings (SSSR count). The van der Waals surface area contributed by atoms with E-state index < -0.39 is 0 Å². The first-order chi connectivity index (χ1) is 6.20. The molecule has 13 heavy (non-hydrogen) atoms. The van der Waals surface area contributed by atoms with Crippen molar-refractivity contribution in [2.45, 2.75) is 25.1 Å². The molecule has 0 fully saturated rings. The smallest absolute Gasteiger partial charge is 0.0426 e. The van der Waals surface area contributed by atoms with E-state index in [-0.39, 0.29) is 0 Å². The predicted molar refractivity (Wildman–Crippen MR) is 60.1 cm³/mol. The van der Waals surface area contributed by atoms with Gasteiger partial charge in [-0.2, -0.15) is 0 Å². The van der Waals surface area contributed by atoms with Crippen molar-refractivity contribution in [1.82, 2.24) is 0 Å². The van der Waals surface area contributed by atoms with Crippen molar-refractivity contribution >= 4 is 15.9 Å². The Labute approximate surface area is 88.5 Å². The number of alkyl halides is 1. The van der Waals surface area contributed by atoms with Gasteiger partial charge in [0.15, 0.2) is 0 Å². The Morgan fingerprint density at radius 2 is 1.92 bits per heavy atom. The van der Waals surface area contributed by atoms with E-state index in [9.17, 15) is 0 Å². The van der Waals surface area contributed by atoms with Crippen LogP contribution in [0.15, 0.2) is 24.3 Å². The van der Waals surface area contributed by atoms with Gasteiger partial charge in [-0.1, -0.05) is 54.0 Å². The van der Waals surface area contributed by atoms with Gasteiger partial charge < -0.3 is 0 Å². The minimum atomic E-state index is 0.549. The Bertz CT molecular complexity index is 306. The van der Waals surface area contributed by atoms with Gasteiger partial charge in [0.1, 0.15) is 0 Å². The summed E-state index contributed by atoms with van der Waals surface area (Å²) in [7, 11) is 0. The number of rotatable bonds is 0. The minimum Gasteiger partial charge on any atom is -0.0836 e. The predicted octanol–water partition coefficient (Wildman–Crippen LogP) is 3.95. The van der Waals surface area contributed by atoms with Gasteiger partial charge in [0.25, 0.3) is 0 Å². The summed E-state index contributed by atoms with van der Waals surface area (Å²) in [4.78, 5) is 0.549. The van der Waals surface area contributed by atoms with Gasteiger partial charge in [-0.25, -0.2) is 0 Å². The molecule has 1 aliphatic rings. The second-order valence-electron chi connectivity index (χ2n) is 4.14. The van der Waals surface area contributed by atoms with E-state index in [2.05, 4.69) is 54.0 Å². The highest BCUT2D eigenvalue weighted by Gasteiger charge is 2.28. The molecule has 3 atom stereocenters. The first-order valence-corrected chi connectivity index (χ1v) is 5.83. The number of fused-ring (bicyclic) bond motifs is 1. The average Bonchev–Trinajstić information content (AvgIpc) is 2.15. The molecular formula is C12H15Br. The van der Waals surface area contributed by atoms with Crippen molar-refractivity contribution in [3.05, 3.63) is 35.4 Å². The minimum absolute atomic E-state index is 0.549. The maximum absolute atomic E-state index is 3.79. The van der Waals surface area contributed by atoms with Crippen molar-refractivity contribution in [3.8, 4) is 0 Å². The topological polar surface area (TPSA) is 0 Å². The third-order valence-corrected chi connectivity index (χ3v) is 4.58. The largest absolute Gasteiger partial charge is 0.0836 e. The molecule has 1 aromatic rings. The number of halogens is 1. The van der Waals surface area contributed by atoms with Gasteiger partial charge in [-0.15, -0.1) is 0 Å². The molecule has 0 saturated heterocycles. The van der Waals surface area contributed by atoms with Crippen molar-refractivity contribution < 1.29 is 0 Å². The van der Waals surface area contributed by atoms with Gasteiger partial charge in [0.2, 0.25) is 0 Å². The molecule has 0 aromatic heterocycles. The van der Waals surface area contributed by atoms with E-state index in [1.165, 1.54) is 17.5 Å².